The van der Waals surface area contributed by atoms with Gasteiger partial charge in [0.1, 0.15) is 0 Å². The highest BCUT2D eigenvalue weighted by Gasteiger charge is 2.22. The summed E-state index contributed by atoms with van der Waals surface area (Å²) in [6, 6.07) is 4.43. The van der Waals surface area contributed by atoms with Gasteiger partial charge in [-0.1, -0.05) is 6.07 Å². The van der Waals surface area contributed by atoms with Crippen LogP contribution in [0.25, 0.3) is 0 Å². The van der Waals surface area contributed by atoms with Crippen molar-refractivity contribution < 1.29 is 9.47 Å². The Hall–Kier alpha value is -1.13. The minimum Gasteiger partial charge on any atom is -0.477 e. The molecule has 7 nitrogen and oxygen atoms in total. The van der Waals surface area contributed by atoms with Gasteiger partial charge in [0.05, 0.1) is 26.4 Å². The van der Waals surface area contributed by atoms with Crippen LogP contribution in [0.4, 0.5) is 0 Å². The Balaban J connectivity index is 0.00000280. The van der Waals surface area contributed by atoms with Crippen molar-refractivity contribution >= 4 is 29.9 Å². The number of guanidine groups is 1. The first-order valence-corrected chi connectivity index (χ1v) is 10.2. The fraction of sp³-hybridized carbons (Fsp3) is 0.700. The molecule has 158 valence electrons. The van der Waals surface area contributed by atoms with Crippen LogP contribution in [-0.2, 0) is 11.3 Å². The Morgan fingerprint density at radius 3 is 2.75 bits per heavy atom. The summed E-state index contributed by atoms with van der Waals surface area (Å²) in [5, 5.41) is 6.76. The molecule has 0 bridgehead atoms. The van der Waals surface area contributed by atoms with Crippen LogP contribution in [0.3, 0.4) is 0 Å². The lowest BCUT2D eigenvalue weighted by atomic mass is 10.2. The number of morpholine rings is 1. The lowest BCUT2D eigenvalue weighted by Crippen LogP contribution is -2.49. The molecular weight excluding hydrogens is 469 g/mol. The molecule has 1 atom stereocenters. The third kappa shape index (κ3) is 8.08. The van der Waals surface area contributed by atoms with Crippen LogP contribution < -0.4 is 15.4 Å². The number of rotatable bonds is 9. The Kier molecular flexibility index (Phi) is 10.3. The minimum absolute atomic E-state index is 0. The molecule has 1 aliphatic carbocycles. The number of hydrogen-bond acceptors (Lipinski definition) is 5. The van der Waals surface area contributed by atoms with Gasteiger partial charge in [-0.05, 0) is 38.2 Å². The van der Waals surface area contributed by atoms with E-state index in [0.29, 0.717) is 18.5 Å². The zero-order valence-corrected chi connectivity index (χ0v) is 19.4. The van der Waals surface area contributed by atoms with E-state index in [1.807, 2.05) is 18.3 Å². The molecule has 0 spiro atoms. The number of hydrogen-bond donors (Lipinski definition) is 2. The van der Waals surface area contributed by atoms with Crippen LogP contribution in [0.2, 0.25) is 0 Å². The van der Waals surface area contributed by atoms with E-state index in [1.54, 1.807) is 0 Å². The number of pyridine rings is 1. The first kappa shape index (κ1) is 23.2. The van der Waals surface area contributed by atoms with Crippen molar-refractivity contribution in [2.24, 2.45) is 10.9 Å². The molecule has 28 heavy (non-hydrogen) atoms. The fourth-order valence-electron chi connectivity index (χ4n) is 2.98. The second kappa shape index (κ2) is 12.4. The van der Waals surface area contributed by atoms with Gasteiger partial charge in [-0.25, -0.2) is 9.98 Å². The van der Waals surface area contributed by atoms with Crippen LogP contribution in [0.15, 0.2) is 23.3 Å². The maximum absolute atomic E-state index is 5.69. The molecule has 1 unspecified atom stereocenters. The molecule has 0 amide bonds. The number of aliphatic imine (C=N–C) groups is 1. The maximum Gasteiger partial charge on any atom is 0.213 e. The van der Waals surface area contributed by atoms with E-state index in [9.17, 15) is 0 Å². The van der Waals surface area contributed by atoms with Crippen molar-refractivity contribution in [2.45, 2.75) is 39.3 Å². The molecule has 8 heteroatoms. The van der Waals surface area contributed by atoms with E-state index in [1.165, 1.54) is 12.8 Å². The van der Waals surface area contributed by atoms with Crippen molar-refractivity contribution in [3.05, 3.63) is 23.9 Å². The number of ether oxygens (including phenoxy) is 2. The van der Waals surface area contributed by atoms with Crippen molar-refractivity contribution in [2.75, 3.05) is 46.0 Å². The average molecular weight is 503 g/mol. The van der Waals surface area contributed by atoms with E-state index in [0.717, 1.165) is 63.4 Å². The topological polar surface area (TPSA) is 71.0 Å². The molecule has 2 aliphatic rings. The first-order chi connectivity index (χ1) is 13.2. The second-order valence-electron chi connectivity index (χ2n) is 7.33. The summed E-state index contributed by atoms with van der Waals surface area (Å²) >= 11 is 0. The van der Waals surface area contributed by atoms with Crippen LogP contribution in [-0.4, -0.2) is 67.9 Å². The molecule has 1 saturated carbocycles. The summed E-state index contributed by atoms with van der Waals surface area (Å²) in [5.74, 6) is 2.29. The smallest absolute Gasteiger partial charge is 0.213 e. The highest BCUT2D eigenvalue weighted by atomic mass is 127. The van der Waals surface area contributed by atoms with Gasteiger partial charge in [-0.2, -0.15) is 0 Å². The zero-order chi connectivity index (χ0) is 18.9. The minimum atomic E-state index is 0. The average Bonchev–Trinajstić information content (AvgIpc) is 3.54. The number of nitrogens with one attached hydrogen (secondary N) is 2. The molecule has 0 aromatic carbocycles. The standard InChI is InChI=1S/C20H33N5O2.HI/c1-3-21-20(23-12-16(2)25-8-10-26-11-9-25)24-14-18-6-7-19(22-13-18)27-15-17-4-5-17;/h6-7,13,16-17H,3-5,8-12,14-15H2,1-2H3,(H2,21,23,24);1H. The third-order valence-corrected chi connectivity index (χ3v) is 4.96. The normalized spacial score (nSPS) is 18.9. The summed E-state index contributed by atoms with van der Waals surface area (Å²) < 4.78 is 11.1. The number of aromatic nitrogens is 1. The van der Waals surface area contributed by atoms with Crippen molar-refractivity contribution in [1.29, 1.82) is 0 Å². The summed E-state index contributed by atoms with van der Waals surface area (Å²) in [6.07, 6.45) is 4.43. The van der Waals surface area contributed by atoms with Gasteiger partial charge in [0, 0.05) is 44.5 Å². The Bertz CT molecular complexity index is 589. The van der Waals surface area contributed by atoms with Crippen LogP contribution in [0, 0.1) is 5.92 Å². The first-order valence-electron chi connectivity index (χ1n) is 10.2. The van der Waals surface area contributed by atoms with Gasteiger partial charge >= 0.3 is 0 Å². The molecular formula is C20H34IN5O2. The van der Waals surface area contributed by atoms with E-state index in [2.05, 4.69) is 39.4 Å². The Morgan fingerprint density at radius 2 is 2.11 bits per heavy atom. The molecule has 1 aromatic heterocycles. The van der Waals surface area contributed by atoms with Crippen LogP contribution in [0.5, 0.6) is 5.88 Å². The second-order valence-corrected chi connectivity index (χ2v) is 7.33. The van der Waals surface area contributed by atoms with E-state index < -0.39 is 0 Å². The fourth-order valence-corrected chi connectivity index (χ4v) is 2.98. The Morgan fingerprint density at radius 1 is 1.32 bits per heavy atom. The maximum atomic E-state index is 5.69. The molecule has 2 N–H and O–H groups in total. The molecule has 1 aliphatic heterocycles. The summed E-state index contributed by atoms with van der Waals surface area (Å²) in [7, 11) is 0. The molecule has 2 fully saturated rings. The van der Waals surface area contributed by atoms with Gasteiger partial charge in [-0.3, -0.25) is 4.90 Å². The van der Waals surface area contributed by atoms with E-state index in [4.69, 9.17) is 9.47 Å². The largest absolute Gasteiger partial charge is 0.477 e. The number of nitrogens with zero attached hydrogens (tertiary/aromatic N) is 3. The molecule has 3 rings (SSSR count). The van der Waals surface area contributed by atoms with E-state index >= 15 is 0 Å². The monoisotopic (exact) mass is 503 g/mol. The van der Waals surface area contributed by atoms with Gasteiger partial charge < -0.3 is 20.1 Å². The summed E-state index contributed by atoms with van der Waals surface area (Å²) in [5.41, 5.74) is 1.08. The molecule has 1 aromatic rings. The molecule has 2 heterocycles. The lowest BCUT2D eigenvalue weighted by molar-refractivity contribution is 0.0211. The summed E-state index contributed by atoms with van der Waals surface area (Å²) in [6.45, 7) is 11.0. The van der Waals surface area contributed by atoms with Gasteiger partial charge in [0.25, 0.3) is 0 Å². The highest BCUT2D eigenvalue weighted by Crippen LogP contribution is 2.29. The predicted molar refractivity (Wildman–Crippen MR) is 123 cm³/mol. The van der Waals surface area contributed by atoms with Crippen LogP contribution >= 0.6 is 24.0 Å². The SMILES string of the molecule is CCNC(=NCc1ccc(OCC2CC2)nc1)NCC(C)N1CCOCC1.I. The van der Waals surface area contributed by atoms with Crippen molar-refractivity contribution in [1.82, 2.24) is 20.5 Å². The lowest BCUT2D eigenvalue weighted by Gasteiger charge is -2.32. The van der Waals surface area contributed by atoms with Gasteiger partial charge in [0.15, 0.2) is 5.96 Å². The quantitative estimate of drug-likeness (QED) is 0.306. The Labute approximate surface area is 185 Å². The van der Waals surface area contributed by atoms with Gasteiger partial charge in [-0.15, -0.1) is 24.0 Å². The zero-order valence-electron chi connectivity index (χ0n) is 17.0. The predicted octanol–water partition coefficient (Wildman–Crippen LogP) is 2.26. The molecule has 0 radical (unpaired) electrons. The van der Waals surface area contributed by atoms with Crippen LogP contribution in [0.1, 0.15) is 32.3 Å². The van der Waals surface area contributed by atoms with Crippen molar-refractivity contribution in [3.8, 4) is 5.88 Å². The highest BCUT2D eigenvalue weighted by molar-refractivity contribution is 14.0. The molecule has 1 saturated heterocycles. The van der Waals surface area contributed by atoms with E-state index in [-0.39, 0.29) is 24.0 Å². The third-order valence-electron chi connectivity index (χ3n) is 4.96. The van der Waals surface area contributed by atoms with Gasteiger partial charge in [0.2, 0.25) is 5.88 Å². The number of halogens is 1. The summed E-state index contributed by atoms with van der Waals surface area (Å²) in [4.78, 5) is 11.5. The van der Waals surface area contributed by atoms with Crippen molar-refractivity contribution in [3.63, 3.8) is 0 Å².